The van der Waals surface area contributed by atoms with Crippen molar-refractivity contribution in [3.05, 3.63) is 42.1 Å². The number of hydrogen-bond acceptors (Lipinski definition) is 2. The molecule has 0 aromatic carbocycles. The van der Waals surface area contributed by atoms with Gasteiger partial charge in [-0.2, -0.15) is 5.10 Å². The van der Waals surface area contributed by atoms with Gasteiger partial charge in [0.2, 0.25) is 0 Å². The van der Waals surface area contributed by atoms with E-state index in [9.17, 15) is 4.39 Å². The molecule has 0 saturated carbocycles. The first-order valence-electron chi connectivity index (χ1n) is 6.10. The molecule has 0 spiro atoms. The number of aromatic nitrogens is 3. The minimum absolute atomic E-state index is 0.303. The summed E-state index contributed by atoms with van der Waals surface area (Å²) in [6.07, 6.45) is 5.09. The molecule has 0 aliphatic heterocycles. The number of rotatable bonds is 3. The fourth-order valence-electron chi connectivity index (χ4n) is 1.63. The quantitative estimate of drug-likeness (QED) is 0.832. The zero-order valence-corrected chi connectivity index (χ0v) is 11.0. The molecule has 0 bridgehead atoms. The first-order chi connectivity index (χ1) is 8.44. The zero-order chi connectivity index (χ0) is 13.2. The summed E-state index contributed by atoms with van der Waals surface area (Å²) in [4.78, 5) is 4.00. The average Bonchev–Trinajstić information content (AvgIpc) is 2.75. The maximum absolute atomic E-state index is 12.8. The van der Waals surface area contributed by atoms with Gasteiger partial charge in [0.1, 0.15) is 5.82 Å². The third-order valence-electron chi connectivity index (χ3n) is 2.72. The Hall–Kier alpha value is -1.71. The highest BCUT2D eigenvalue weighted by atomic mass is 19.1. The number of nitrogens with zero attached hydrogens (tertiary/aromatic N) is 3. The lowest BCUT2D eigenvalue weighted by Crippen LogP contribution is -2.07. The zero-order valence-electron chi connectivity index (χ0n) is 11.0. The van der Waals surface area contributed by atoms with E-state index in [2.05, 4.69) is 30.9 Å². The predicted octanol–water partition coefficient (Wildman–Crippen LogP) is 3.39. The van der Waals surface area contributed by atoms with Crippen LogP contribution in [0.5, 0.6) is 0 Å². The van der Waals surface area contributed by atoms with Crippen molar-refractivity contribution < 1.29 is 4.39 Å². The van der Waals surface area contributed by atoms with Crippen LogP contribution in [0.2, 0.25) is 0 Å². The third-order valence-corrected chi connectivity index (χ3v) is 2.72. The molecule has 0 unspecified atom stereocenters. The van der Waals surface area contributed by atoms with Crippen LogP contribution in [-0.2, 0) is 6.42 Å². The fraction of sp³-hybridized carbons (Fsp3) is 0.429. The Balaban J connectivity index is 2.08. The molecule has 0 aliphatic carbocycles. The van der Waals surface area contributed by atoms with Crippen LogP contribution in [-0.4, -0.2) is 14.8 Å². The second-order valence-corrected chi connectivity index (χ2v) is 5.65. The van der Waals surface area contributed by atoms with Crippen molar-refractivity contribution in [1.82, 2.24) is 14.8 Å². The maximum atomic E-state index is 12.8. The molecule has 3 nitrogen and oxygen atoms in total. The molecular weight excluding hydrogens is 229 g/mol. The van der Waals surface area contributed by atoms with E-state index in [1.165, 1.54) is 12.3 Å². The van der Waals surface area contributed by atoms with E-state index >= 15 is 0 Å². The molecule has 0 amide bonds. The van der Waals surface area contributed by atoms with E-state index in [0.29, 0.717) is 11.2 Å². The molecule has 0 atom stereocenters. The Morgan fingerprint density at radius 3 is 2.61 bits per heavy atom. The summed E-state index contributed by atoms with van der Waals surface area (Å²) in [6, 6.07) is 4.99. The Morgan fingerprint density at radius 1 is 1.22 bits per heavy atom. The van der Waals surface area contributed by atoms with Crippen molar-refractivity contribution in [2.75, 3.05) is 0 Å². The summed E-state index contributed by atoms with van der Waals surface area (Å²) in [5.41, 5.74) is 1.34. The largest absolute Gasteiger partial charge is 0.234 e. The van der Waals surface area contributed by atoms with Crippen LogP contribution in [0.25, 0.3) is 5.82 Å². The molecular formula is C14H18FN3. The van der Waals surface area contributed by atoms with Crippen molar-refractivity contribution in [2.24, 2.45) is 5.41 Å². The van der Waals surface area contributed by atoms with Gasteiger partial charge >= 0.3 is 0 Å². The molecule has 0 saturated heterocycles. The molecule has 96 valence electrons. The number of pyridine rings is 1. The fourth-order valence-corrected chi connectivity index (χ4v) is 1.63. The summed E-state index contributed by atoms with van der Waals surface area (Å²) in [7, 11) is 0. The van der Waals surface area contributed by atoms with Gasteiger partial charge in [0.25, 0.3) is 0 Å². The van der Waals surface area contributed by atoms with Gasteiger partial charge in [0, 0.05) is 6.20 Å². The number of halogens is 1. The average molecular weight is 247 g/mol. The van der Waals surface area contributed by atoms with E-state index in [1.807, 2.05) is 12.3 Å². The van der Waals surface area contributed by atoms with Crippen LogP contribution in [0, 0.1) is 11.2 Å². The summed E-state index contributed by atoms with van der Waals surface area (Å²) in [5, 5.41) is 4.44. The summed E-state index contributed by atoms with van der Waals surface area (Å²) >= 11 is 0. The summed E-state index contributed by atoms with van der Waals surface area (Å²) in [5.74, 6) is 0.303. The molecule has 2 heterocycles. The van der Waals surface area contributed by atoms with Gasteiger partial charge in [-0.05, 0) is 36.5 Å². The van der Waals surface area contributed by atoms with E-state index < -0.39 is 0 Å². The van der Waals surface area contributed by atoms with Gasteiger partial charge in [0.15, 0.2) is 5.82 Å². The standard InChI is InChI=1S/C14H18FN3/c1-14(2,3)8-6-12-7-9-18(17-12)13-5-4-11(15)10-16-13/h4-5,7,9-10H,6,8H2,1-3H3. The minimum Gasteiger partial charge on any atom is -0.234 e. The monoisotopic (exact) mass is 247 g/mol. The number of hydrogen-bond donors (Lipinski definition) is 0. The van der Waals surface area contributed by atoms with Crippen LogP contribution >= 0.6 is 0 Å². The van der Waals surface area contributed by atoms with E-state index in [1.54, 1.807) is 10.7 Å². The van der Waals surface area contributed by atoms with Gasteiger partial charge in [-0.3, -0.25) is 0 Å². The SMILES string of the molecule is CC(C)(C)CCc1ccn(-c2ccc(F)cn2)n1. The Morgan fingerprint density at radius 2 is 2.00 bits per heavy atom. The third kappa shape index (κ3) is 3.39. The predicted molar refractivity (Wildman–Crippen MR) is 69.1 cm³/mol. The highest BCUT2D eigenvalue weighted by Gasteiger charge is 2.11. The molecule has 0 aliphatic rings. The van der Waals surface area contributed by atoms with Crippen molar-refractivity contribution in [3.8, 4) is 5.82 Å². The van der Waals surface area contributed by atoms with Crippen LogP contribution in [0.4, 0.5) is 4.39 Å². The lowest BCUT2D eigenvalue weighted by molar-refractivity contribution is 0.376. The maximum Gasteiger partial charge on any atom is 0.153 e. The molecule has 2 aromatic rings. The highest BCUT2D eigenvalue weighted by Crippen LogP contribution is 2.20. The highest BCUT2D eigenvalue weighted by molar-refractivity contribution is 5.21. The van der Waals surface area contributed by atoms with Crippen molar-refractivity contribution in [2.45, 2.75) is 33.6 Å². The van der Waals surface area contributed by atoms with Crippen LogP contribution in [0.15, 0.2) is 30.6 Å². The van der Waals surface area contributed by atoms with Crippen LogP contribution < -0.4 is 0 Å². The van der Waals surface area contributed by atoms with Crippen molar-refractivity contribution >= 4 is 0 Å². The molecule has 18 heavy (non-hydrogen) atoms. The number of aryl methyl sites for hydroxylation is 1. The smallest absolute Gasteiger partial charge is 0.153 e. The van der Waals surface area contributed by atoms with Gasteiger partial charge in [-0.15, -0.1) is 0 Å². The molecule has 0 N–H and O–H groups in total. The lowest BCUT2D eigenvalue weighted by Gasteiger charge is -2.16. The summed E-state index contributed by atoms with van der Waals surface area (Å²) < 4.78 is 14.4. The Labute approximate surface area is 107 Å². The van der Waals surface area contributed by atoms with Gasteiger partial charge in [0.05, 0.1) is 11.9 Å². The van der Waals surface area contributed by atoms with Crippen molar-refractivity contribution in [1.29, 1.82) is 0 Å². The Kier molecular flexibility index (Phi) is 3.45. The van der Waals surface area contributed by atoms with Gasteiger partial charge in [-0.25, -0.2) is 14.1 Å². The minimum atomic E-state index is -0.334. The Bertz CT molecular complexity index is 509. The van der Waals surface area contributed by atoms with Gasteiger partial charge in [-0.1, -0.05) is 20.8 Å². The molecule has 0 radical (unpaired) electrons. The second kappa shape index (κ2) is 4.88. The normalized spacial score (nSPS) is 11.8. The molecule has 2 aromatic heterocycles. The first-order valence-corrected chi connectivity index (χ1v) is 6.10. The van der Waals surface area contributed by atoms with Gasteiger partial charge < -0.3 is 0 Å². The molecule has 4 heteroatoms. The van der Waals surface area contributed by atoms with Crippen LogP contribution in [0.3, 0.4) is 0 Å². The lowest BCUT2D eigenvalue weighted by atomic mass is 9.90. The summed E-state index contributed by atoms with van der Waals surface area (Å²) in [6.45, 7) is 6.64. The molecule has 0 fully saturated rings. The van der Waals surface area contributed by atoms with Crippen LogP contribution in [0.1, 0.15) is 32.9 Å². The van der Waals surface area contributed by atoms with E-state index in [4.69, 9.17) is 0 Å². The van der Waals surface area contributed by atoms with E-state index in [0.717, 1.165) is 18.5 Å². The topological polar surface area (TPSA) is 30.7 Å². The first kappa shape index (κ1) is 12.7. The molecule has 2 rings (SSSR count). The van der Waals surface area contributed by atoms with Crippen molar-refractivity contribution in [3.63, 3.8) is 0 Å². The second-order valence-electron chi connectivity index (χ2n) is 5.65. The van der Waals surface area contributed by atoms with E-state index in [-0.39, 0.29) is 5.82 Å².